The van der Waals surface area contributed by atoms with Crippen LogP contribution in [0, 0.1) is 5.92 Å². The van der Waals surface area contributed by atoms with Crippen LogP contribution in [0.1, 0.15) is 26.7 Å². The van der Waals surface area contributed by atoms with Crippen molar-refractivity contribution in [1.29, 1.82) is 0 Å². The molecule has 1 aromatic rings. The molecule has 1 rings (SSSR count). The van der Waals surface area contributed by atoms with Gasteiger partial charge in [0.25, 0.3) is 0 Å². The number of rotatable bonds is 4. The molecule has 0 fully saturated rings. The van der Waals surface area contributed by atoms with Crippen molar-refractivity contribution in [3.8, 4) is 0 Å². The maximum absolute atomic E-state index is 4.12. The standard InChI is InChI=1S/C9H15BrN2/c1-3-8(4-2)5-12-6-9(10)11-7-12/h6-8H,3-5H2,1-2H3. The third-order valence-electron chi connectivity index (χ3n) is 2.23. The molecule has 0 N–H and O–H groups in total. The summed E-state index contributed by atoms with van der Waals surface area (Å²) in [6, 6.07) is 0. The minimum absolute atomic E-state index is 0.783. The van der Waals surface area contributed by atoms with E-state index in [0.717, 1.165) is 17.1 Å². The topological polar surface area (TPSA) is 17.8 Å². The van der Waals surface area contributed by atoms with Gasteiger partial charge < -0.3 is 4.57 Å². The predicted octanol–water partition coefficient (Wildman–Crippen LogP) is 3.08. The fourth-order valence-electron chi connectivity index (χ4n) is 1.28. The Morgan fingerprint density at radius 3 is 2.58 bits per heavy atom. The smallest absolute Gasteiger partial charge is 0.124 e. The summed E-state index contributed by atoms with van der Waals surface area (Å²) in [5.74, 6) is 0.783. The summed E-state index contributed by atoms with van der Waals surface area (Å²) in [7, 11) is 0. The summed E-state index contributed by atoms with van der Waals surface area (Å²) < 4.78 is 3.07. The first-order valence-electron chi connectivity index (χ1n) is 4.43. The molecule has 0 bridgehead atoms. The van der Waals surface area contributed by atoms with Crippen molar-refractivity contribution in [2.45, 2.75) is 33.2 Å². The summed E-state index contributed by atoms with van der Waals surface area (Å²) in [6.45, 7) is 5.56. The van der Waals surface area contributed by atoms with Gasteiger partial charge >= 0.3 is 0 Å². The average Bonchev–Trinajstić information content (AvgIpc) is 2.47. The summed E-state index contributed by atoms with van der Waals surface area (Å²) in [5.41, 5.74) is 0. The van der Waals surface area contributed by atoms with E-state index in [4.69, 9.17) is 0 Å². The van der Waals surface area contributed by atoms with E-state index < -0.39 is 0 Å². The highest BCUT2D eigenvalue weighted by Gasteiger charge is 2.04. The van der Waals surface area contributed by atoms with Crippen molar-refractivity contribution < 1.29 is 0 Å². The Bertz CT molecular complexity index is 228. The molecule has 0 saturated heterocycles. The van der Waals surface area contributed by atoms with Crippen LogP contribution in [0.5, 0.6) is 0 Å². The van der Waals surface area contributed by atoms with Gasteiger partial charge in [0.05, 0.1) is 6.33 Å². The lowest BCUT2D eigenvalue weighted by atomic mass is 10.0. The van der Waals surface area contributed by atoms with E-state index in [1.54, 1.807) is 0 Å². The molecule has 1 aromatic heterocycles. The number of nitrogens with zero attached hydrogens (tertiary/aromatic N) is 2. The van der Waals surface area contributed by atoms with Crippen LogP contribution < -0.4 is 0 Å². The lowest BCUT2D eigenvalue weighted by molar-refractivity contribution is 0.418. The largest absolute Gasteiger partial charge is 0.336 e. The van der Waals surface area contributed by atoms with Crippen LogP contribution in [0.3, 0.4) is 0 Å². The van der Waals surface area contributed by atoms with Crippen molar-refractivity contribution in [3.63, 3.8) is 0 Å². The van der Waals surface area contributed by atoms with Crippen LogP contribution in [0.4, 0.5) is 0 Å². The molecule has 0 aliphatic heterocycles. The zero-order chi connectivity index (χ0) is 8.97. The van der Waals surface area contributed by atoms with Gasteiger partial charge in [-0.3, -0.25) is 0 Å². The Labute approximate surface area is 82.1 Å². The minimum atomic E-state index is 0.783. The number of halogens is 1. The first kappa shape index (κ1) is 9.78. The molecule has 0 amide bonds. The highest BCUT2D eigenvalue weighted by molar-refractivity contribution is 9.10. The summed E-state index contributed by atoms with van der Waals surface area (Å²) in [4.78, 5) is 4.12. The molecule has 0 aliphatic carbocycles. The van der Waals surface area contributed by atoms with Crippen LogP contribution in [0.25, 0.3) is 0 Å². The van der Waals surface area contributed by atoms with E-state index >= 15 is 0 Å². The Balaban J connectivity index is 2.50. The third kappa shape index (κ3) is 2.63. The SMILES string of the molecule is CCC(CC)Cn1cnc(Br)c1. The number of imidazole rings is 1. The molecule has 0 saturated carbocycles. The van der Waals surface area contributed by atoms with Crippen molar-refractivity contribution in [3.05, 3.63) is 17.1 Å². The second-order valence-corrected chi connectivity index (χ2v) is 3.89. The number of aromatic nitrogens is 2. The first-order chi connectivity index (χ1) is 5.76. The maximum atomic E-state index is 4.12. The van der Waals surface area contributed by atoms with Gasteiger partial charge in [0, 0.05) is 12.7 Å². The van der Waals surface area contributed by atoms with Crippen LogP contribution in [-0.4, -0.2) is 9.55 Å². The van der Waals surface area contributed by atoms with Crippen molar-refractivity contribution in [1.82, 2.24) is 9.55 Å². The highest BCUT2D eigenvalue weighted by atomic mass is 79.9. The molecule has 68 valence electrons. The predicted molar refractivity (Wildman–Crippen MR) is 54.0 cm³/mol. The lowest BCUT2D eigenvalue weighted by Gasteiger charge is -2.11. The van der Waals surface area contributed by atoms with E-state index in [1.807, 2.05) is 12.5 Å². The zero-order valence-electron chi connectivity index (χ0n) is 7.63. The van der Waals surface area contributed by atoms with Gasteiger partial charge in [-0.05, 0) is 21.8 Å². The van der Waals surface area contributed by atoms with Gasteiger partial charge in [-0.15, -0.1) is 0 Å². The molecule has 0 aromatic carbocycles. The van der Waals surface area contributed by atoms with Crippen molar-refractivity contribution in [2.75, 3.05) is 0 Å². The molecule has 0 aliphatic rings. The monoisotopic (exact) mass is 230 g/mol. The van der Waals surface area contributed by atoms with Gasteiger partial charge in [-0.1, -0.05) is 26.7 Å². The normalized spacial score (nSPS) is 11.0. The molecule has 12 heavy (non-hydrogen) atoms. The zero-order valence-corrected chi connectivity index (χ0v) is 9.21. The summed E-state index contributed by atoms with van der Waals surface area (Å²) >= 11 is 3.33. The van der Waals surface area contributed by atoms with Gasteiger partial charge in [0.15, 0.2) is 0 Å². The van der Waals surface area contributed by atoms with Crippen LogP contribution >= 0.6 is 15.9 Å². The molecule has 0 atom stereocenters. The fraction of sp³-hybridized carbons (Fsp3) is 0.667. The van der Waals surface area contributed by atoms with E-state index in [2.05, 4.69) is 39.3 Å². The van der Waals surface area contributed by atoms with E-state index in [-0.39, 0.29) is 0 Å². The van der Waals surface area contributed by atoms with Gasteiger partial charge in [-0.2, -0.15) is 0 Å². The summed E-state index contributed by atoms with van der Waals surface area (Å²) in [5, 5.41) is 0. The summed E-state index contributed by atoms with van der Waals surface area (Å²) in [6.07, 6.45) is 6.39. The molecule has 0 radical (unpaired) electrons. The minimum Gasteiger partial charge on any atom is -0.336 e. The Kier molecular flexibility index (Phi) is 3.79. The highest BCUT2D eigenvalue weighted by Crippen LogP contribution is 2.12. The number of hydrogen-bond acceptors (Lipinski definition) is 1. The fourth-order valence-corrected chi connectivity index (χ4v) is 1.63. The average molecular weight is 231 g/mol. The second-order valence-electron chi connectivity index (χ2n) is 3.08. The van der Waals surface area contributed by atoms with E-state index in [0.29, 0.717) is 0 Å². The molecule has 2 nitrogen and oxygen atoms in total. The molecular weight excluding hydrogens is 216 g/mol. The lowest BCUT2D eigenvalue weighted by Crippen LogP contribution is -2.07. The second kappa shape index (κ2) is 4.65. The first-order valence-corrected chi connectivity index (χ1v) is 5.22. The number of hydrogen-bond donors (Lipinski definition) is 0. The van der Waals surface area contributed by atoms with Crippen molar-refractivity contribution >= 4 is 15.9 Å². The van der Waals surface area contributed by atoms with Crippen LogP contribution in [0.2, 0.25) is 0 Å². The molecular formula is C9H15BrN2. The van der Waals surface area contributed by atoms with E-state index in [9.17, 15) is 0 Å². The molecule has 1 heterocycles. The Morgan fingerprint density at radius 1 is 1.50 bits per heavy atom. The molecule has 0 spiro atoms. The molecule has 3 heteroatoms. The van der Waals surface area contributed by atoms with Crippen molar-refractivity contribution in [2.24, 2.45) is 5.92 Å². The third-order valence-corrected chi connectivity index (χ3v) is 2.63. The Morgan fingerprint density at radius 2 is 2.17 bits per heavy atom. The quantitative estimate of drug-likeness (QED) is 0.778. The van der Waals surface area contributed by atoms with Crippen LogP contribution in [0.15, 0.2) is 17.1 Å². The van der Waals surface area contributed by atoms with Gasteiger partial charge in [-0.25, -0.2) is 4.98 Å². The maximum Gasteiger partial charge on any atom is 0.124 e. The Hall–Kier alpha value is -0.310. The van der Waals surface area contributed by atoms with E-state index in [1.165, 1.54) is 12.8 Å². The molecule has 0 unspecified atom stereocenters. The van der Waals surface area contributed by atoms with Gasteiger partial charge in [0.1, 0.15) is 4.60 Å². The van der Waals surface area contributed by atoms with Crippen LogP contribution in [-0.2, 0) is 6.54 Å². The van der Waals surface area contributed by atoms with Gasteiger partial charge in [0.2, 0.25) is 0 Å².